The molecule has 2 aliphatic rings. The highest BCUT2D eigenvalue weighted by Gasteiger charge is 2.46. The summed E-state index contributed by atoms with van der Waals surface area (Å²) in [6.07, 6.45) is 4.59. The van der Waals surface area contributed by atoms with Crippen molar-refractivity contribution in [3.05, 3.63) is 35.9 Å². The third-order valence-electron chi connectivity index (χ3n) is 4.67. The van der Waals surface area contributed by atoms with Gasteiger partial charge < -0.3 is 14.2 Å². The van der Waals surface area contributed by atoms with Crippen LogP contribution in [0.25, 0.3) is 0 Å². The first-order chi connectivity index (χ1) is 10.3. The summed E-state index contributed by atoms with van der Waals surface area (Å²) in [5.74, 6) is 0.287. The lowest BCUT2D eigenvalue weighted by Gasteiger charge is -2.43. The molecule has 3 rings (SSSR count). The molecular weight excluding hydrogens is 288 g/mol. The van der Waals surface area contributed by atoms with Crippen LogP contribution in [0.15, 0.2) is 30.3 Å². The van der Waals surface area contributed by atoms with E-state index >= 15 is 0 Å². The smallest absolute Gasteiger partial charge is 0.168 e. The van der Waals surface area contributed by atoms with Crippen LogP contribution in [0, 0.1) is 0 Å². The molecule has 1 saturated carbocycles. The Morgan fingerprint density at radius 2 is 1.67 bits per heavy atom. The monoisotopic (exact) mass is 310 g/mol. The number of rotatable bonds is 5. The van der Waals surface area contributed by atoms with Crippen LogP contribution in [0.3, 0.4) is 0 Å². The molecule has 3 nitrogen and oxygen atoms in total. The zero-order valence-corrected chi connectivity index (χ0v) is 13.1. The highest BCUT2D eigenvalue weighted by Crippen LogP contribution is 2.43. The fourth-order valence-electron chi connectivity index (χ4n) is 3.32. The van der Waals surface area contributed by atoms with Gasteiger partial charge in [0, 0.05) is 18.7 Å². The van der Waals surface area contributed by atoms with Gasteiger partial charge in [0.1, 0.15) is 0 Å². The van der Waals surface area contributed by atoms with Crippen LogP contribution >= 0.6 is 11.6 Å². The maximum atomic E-state index is 6.30. The molecule has 0 N–H and O–H groups in total. The molecule has 4 heteroatoms. The molecule has 0 atom stereocenters. The van der Waals surface area contributed by atoms with Gasteiger partial charge in [0.2, 0.25) is 0 Å². The molecule has 1 aliphatic heterocycles. The summed E-state index contributed by atoms with van der Waals surface area (Å²) in [4.78, 5) is 0. The molecule has 1 heterocycles. The summed E-state index contributed by atoms with van der Waals surface area (Å²) in [5, 5.41) is 0. The van der Waals surface area contributed by atoms with E-state index in [1.807, 2.05) is 18.2 Å². The van der Waals surface area contributed by atoms with Crippen LogP contribution in [-0.2, 0) is 20.8 Å². The minimum atomic E-state index is -0.341. The van der Waals surface area contributed by atoms with Crippen molar-refractivity contribution in [3.63, 3.8) is 0 Å². The van der Waals surface area contributed by atoms with E-state index in [4.69, 9.17) is 25.8 Å². The highest BCUT2D eigenvalue weighted by atomic mass is 35.5. The average molecular weight is 311 g/mol. The van der Waals surface area contributed by atoms with Gasteiger partial charge in [-0.15, -0.1) is 11.6 Å². The molecule has 0 aromatic heterocycles. The molecule has 1 aromatic rings. The van der Waals surface area contributed by atoms with E-state index in [9.17, 15) is 0 Å². The van der Waals surface area contributed by atoms with E-state index in [0.29, 0.717) is 25.7 Å². The summed E-state index contributed by atoms with van der Waals surface area (Å²) in [6, 6.07) is 10.3. The topological polar surface area (TPSA) is 27.7 Å². The van der Waals surface area contributed by atoms with Crippen molar-refractivity contribution < 1.29 is 14.2 Å². The van der Waals surface area contributed by atoms with E-state index in [2.05, 4.69) is 12.1 Å². The van der Waals surface area contributed by atoms with E-state index in [0.717, 1.165) is 32.1 Å². The maximum Gasteiger partial charge on any atom is 0.168 e. The Kier molecular flexibility index (Phi) is 4.85. The summed E-state index contributed by atoms with van der Waals surface area (Å²) >= 11 is 6.01. The second-order valence-electron chi connectivity index (χ2n) is 6.00. The van der Waals surface area contributed by atoms with Gasteiger partial charge in [-0.2, -0.15) is 0 Å². The molecule has 0 bridgehead atoms. The summed E-state index contributed by atoms with van der Waals surface area (Å²) in [7, 11) is 0. The standard InChI is InChI=1S/C17H23ClO3/c18-11-10-16(21-14-15-4-2-1-3-5-15)6-8-17(9-7-16)19-12-13-20-17/h1-5H,6-14H2. The lowest BCUT2D eigenvalue weighted by Crippen LogP contribution is -2.45. The van der Waals surface area contributed by atoms with E-state index < -0.39 is 0 Å². The Morgan fingerprint density at radius 1 is 1.00 bits per heavy atom. The predicted molar refractivity (Wildman–Crippen MR) is 82.4 cm³/mol. The Bertz CT molecular complexity index is 433. The number of hydrogen-bond acceptors (Lipinski definition) is 3. The van der Waals surface area contributed by atoms with Gasteiger partial charge in [0.15, 0.2) is 5.79 Å². The third-order valence-corrected chi connectivity index (χ3v) is 4.86. The number of ether oxygens (including phenoxy) is 3. The Morgan fingerprint density at radius 3 is 2.29 bits per heavy atom. The van der Waals surface area contributed by atoms with Crippen molar-refractivity contribution in [3.8, 4) is 0 Å². The lowest BCUT2D eigenvalue weighted by molar-refractivity contribution is -0.213. The minimum Gasteiger partial charge on any atom is -0.370 e. The quantitative estimate of drug-likeness (QED) is 0.772. The number of alkyl halides is 1. The van der Waals surface area contributed by atoms with Gasteiger partial charge in [-0.3, -0.25) is 0 Å². The van der Waals surface area contributed by atoms with Crippen LogP contribution in [0.2, 0.25) is 0 Å². The fraction of sp³-hybridized carbons (Fsp3) is 0.647. The van der Waals surface area contributed by atoms with Crippen LogP contribution in [0.4, 0.5) is 0 Å². The fourth-order valence-corrected chi connectivity index (χ4v) is 3.67. The summed E-state index contributed by atoms with van der Waals surface area (Å²) in [6.45, 7) is 2.08. The van der Waals surface area contributed by atoms with E-state index in [1.54, 1.807) is 0 Å². The molecule has 116 valence electrons. The second kappa shape index (κ2) is 6.66. The lowest BCUT2D eigenvalue weighted by atomic mass is 9.79. The summed E-state index contributed by atoms with van der Waals surface area (Å²) < 4.78 is 17.9. The first kappa shape index (κ1) is 15.3. The van der Waals surface area contributed by atoms with Gasteiger partial charge in [0.05, 0.1) is 25.4 Å². The number of benzene rings is 1. The molecule has 1 aromatic carbocycles. The largest absolute Gasteiger partial charge is 0.370 e. The van der Waals surface area contributed by atoms with E-state index in [1.165, 1.54) is 5.56 Å². The van der Waals surface area contributed by atoms with Crippen molar-refractivity contribution >= 4 is 11.6 Å². The molecule has 1 aliphatic carbocycles. The van der Waals surface area contributed by atoms with Crippen molar-refractivity contribution in [1.82, 2.24) is 0 Å². The summed E-state index contributed by atoms with van der Waals surface area (Å²) in [5.41, 5.74) is 1.08. The van der Waals surface area contributed by atoms with E-state index in [-0.39, 0.29) is 11.4 Å². The van der Waals surface area contributed by atoms with Crippen molar-refractivity contribution in [2.24, 2.45) is 0 Å². The van der Waals surface area contributed by atoms with Crippen molar-refractivity contribution in [2.45, 2.75) is 50.1 Å². The van der Waals surface area contributed by atoms with Gasteiger partial charge in [0.25, 0.3) is 0 Å². The average Bonchev–Trinajstić information content (AvgIpc) is 2.99. The predicted octanol–water partition coefficient (Wildman–Crippen LogP) is 3.89. The van der Waals surface area contributed by atoms with Gasteiger partial charge in [-0.25, -0.2) is 0 Å². The first-order valence-corrected chi connectivity index (χ1v) is 8.31. The Hall–Kier alpha value is -0.610. The van der Waals surface area contributed by atoms with Gasteiger partial charge >= 0.3 is 0 Å². The minimum absolute atomic E-state index is 0.127. The highest BCUT2D eigenvalue weighted by molar-refractivity contribution is 6.17. The second-order valence-corrected chi connectivity index (χ2v) is 6.38. The van der Waals surface area contributed by atoms with Crippen molar-refractivity contribution in [1.29, 1.82) is 0 Å². The molecule has 0 radical (unpaired) electrons. The normalized spacial score (nSPS) is 23.5. The Balaban J connectivity index is 1.61. The zero-order valence-electron chi connectivity index (χ0n) is 12.4. The molecule has 2 fully saturated rings. The van der Waals surface area contributed by atoms with Crippen LogP contribution in [0.1, 0.15) is 37.7 Å². The molecule has 1 saturated heterocycles. The molecular formula is C17H23ClO3. The van der Waals surface area contributed by atoms with Crippen molar-refractivity contribution in [2.75, 3.05) is 19.1 Å². The first-order valence-electron chi connectivity index (χ1n) is 7.78. The van der Waals surface area contributed by atoms with Gasteiger partial charge in [-0.05, 0) is 24.8 Å². The number of halogens is 1. The Labute approximate surface area is 131 Å². The molecule has 0 unspecified atom stereocenters. The van der Waals surface area contributed by atoms with Crippen LogP contribution in [-0.4, -0.2) is 30.5 Å². The SMILES string of the molecule is ClCCC1(OCc2ccccc2)CCC2(CC1)OCCO2. The van der Waals surface area contributed by atoms with Crippen LogP contribution in [0.5, 0.6) is 0 Å². The van der Waals surface area contributed by atoms with Gasteiger partial charge in [-0.1, -0.05) is 30.3 Å². The third kappa shape index (κ3) is 3.59. The molecule has 0 amide bonds. The maximum absolute atomic E-state index is 6.30. The van der Waals surface area contributed by atoms with Crippen LogP contribution < -0.4 is 0 Å². The zero-order chi connectivity index (χ0) is 14.6. The molecule has 21 heavy (non-hydrogen) atoms. The molecule has 1 spiro atoms. The number of hydrogen-bond donors (Lipinski definition) is 0.